The molecular formula is C21H20N4. The van der Waals surface area contributed by atoms with Gasteiger partial charge in [0.15, 0.2) is 5.82 Å². The van der Waals surface area contributed by atoms with Crippen LogP contribution in [0.4, 0.5) is 5.82 Å². The first-order valence-electron chi connectivity index (χ1n) is 8.34. The van der Waals surface area contributed by atoms with Crippen molar-refractivity contribution in [1.29, 1.82) is 0 Å². The van der Waals surface area contributed by atoms with Gasteiger partial charge in [0.05, 0.1) is 5.52 Å². The minimum atomic E-state index is -0.0334. The van der Waals surface area contributed by atoms with E-state index >= 15 is 0 Å². The van der Waals surface area contributed by atoms with Crippen molar-refractivity contribution < 1.29 is 0 Å². The summed E-state index contributed by atoms with van der Waals surface area (Å²) in [6.45, 7) is 0. The van der Waals surface area contributed by atoms with E-state index in [1.54, 1.807) is 0 Å². The third-order valence-corrected chi connectivity index (χ3v) is 4.54. The highest BCUT2D eigenvalue weighted by molar-refractivity contribution is 5.91. The molecule has 0 aliphatic rings. The SMILES string of the molecule is Nc1n[nH]c2cc(-c3cccc([C@@H](N)Cc4ccccc4)c3)ccc12. The first-order chi connectivity index (χ1) is 12.2. The number of nitrogens with two attached hydrogens (primary N) is 2. The van der Waals surface area contributed by atoms with Crippen molar-refractivity contribution in [2.45, 2.75) is 12.5 Å². The Kier molecular flexibility index (Phi) is 3.96. The summed E-state index contributed by atoms with van der Waals surface area (Å²) in [7, 11) is 0. The quantitative estimate of drug-likeness (QED) is 0.528. The summed E-state index contributed by atoms with van der Waals surface area (Å²) in [5.74, 6) is 0.528. The fourth-order valence-corrected chi connectivity index (χ4v) is 3.16. The van der Waals surface area contributed by atoms with Gasteiger partial charge in [-0.2, -0.15) is 5.10 Å². The number of hydrogen-bond acceptors (Lipinski definition) is 3. The van der Waals surface area contributed by atoms with Crippen LogP contribution in [0.5, 0.6) is 0 Å². The summed E-state index contributed by atoms with van der Waals surface area (Å²) < 4.78 is 0. The average molecular weight is 328 g/mol. The molecular weight excluding hydrogens is 308 g/mol. The van der Waals surface area contributed by atoms with Gasteiger partial charge in [-0.15, -0.1) is 0 Å². The van der Waals surface area contributed by atoms with E-state index in [4.69, 9.17) is 11.5 Å². The van der Waals surface area contributed by atoms with E-state index in [-0.39, 0.29) is 6.04 Å². The number of fused-ring (bicyclic) bond motifs is 1. The number of nitrogens with one attached hydrogen (secondary N) is 1. The van der Waals surface area contributed by atoms with E-state index in [2.05, 4.69) is 58.7 Å². The molecule has 4 nitrogen and oxygen atoms in total. The van der Waals surface area contributed by atoms with Gasteiger partial charge in [0.2, 0.25) is 0 Å². The average Bonchev–Trinajstić information content (AvgIpc) is 3.03. The molecule has 3 aromatic carbocycles. The van der Waals surface area contributed by atoms with Gasteiger partial charge in [-0.05, 0) is 46.9 Å². The zero-order valence-corrected chi connectivity index (χ0v) is 13.8. The van der Waals surface area contributed by atoms with Crippen LogP contribution in [0.15, 0.2) is 72.8 Å². The molecule has 0 saturated carbocycles. The van der Waals surface area contributed by atoms with E-state index < -0.39 is 0 Å². The Hall–Kier alpha value is -3.11. The lowest BCUT2D eigenvalue weighted by molar-refractivity contribution is 0.722. The number of aromatic amines is 1. The largest absolute Gasteiger partial charge is 0.382 e. The number of hydrogen-bond donors (Lipinski definition) is 3. The molecule has 1 heterocycles. The van der Waals surface area contributed by atoms with Gasteiger partial charge in [-0.1, -0.05) is 54.6 Å². The lowest BCUT2D eigenvalue weighted by atomic mass is 9.96. The van der Waals surface area contributed by atoms with Crippen molar-refractivity contribution in [3.63, 3.8) is 0 Å². The number of rotatable bonds is 4. The molecule has 0 aliphatic heterocycles. The van der Waals surface area contributed by atoms with Crippen LogP contribution in [-0.4, -0.2) is 10.2 Å². The van der Waals surface area contributed by atoms with Crippen molar-refractivity contribution in [3.8, 4) is 11.1 Å². The summed E-state index contributed by atoms with van der Waals surface area (Å²) in [4.78, 5) is 0. The fraction of sp³-hybridized carbons (Fsp3) is 0.0952. The number of aromatic nitrogens is 2. The van der Waals surface area contributed by atoms with Crippen LogP contribution in [0.3, 0.4) is 0 Å². The summed E-state index contributed by atoms with van der Waals surface area (Å²) >= 11 is 0. The normalized spacial score (nSPS) is 12.4. The highest BCUT2D eigenvalue weighted by Crippen LogP contribution is 2.28. The zero-order valence-electron chi connectivity index (χ0n) is 13.8. The summed E-state index contributed by atoms with van der Waals surface area (Å²) in [5, 5.41) is 7.97. The van der Waals surface area contributed by atoms with Gasteiger partial charge >= 0.3 is 0 Å². The van der Waals surface area contributed by atoms with Gasteiger partial charge in [0.1, 0.15) is 0 Å². The van der Waals surface area contributed by atoms with Crippen LogP contribution < -0.4 is 11.5 Å². The first kappa shape index (κ1) is 15.4. The minimum absolute atomic E-state index is 0.0334. The second-order valence-electron chi connectivity index (χ2n) is 6.29. The van der Waals surface area contributed by atoms with Crippen molar-refractivity contribution >= 4 is 16.7 Å². The molecule has 0 spiro atoms. The molecule has 0 amide bonds. The molecule has 1 aromatic heterocycles. The maximum Gasteiger partial charge on any atom is 0.153 e. The van der Waals surface area contributed by atoms with Crippen LogP contribution >= 0.6 is 0 Å². The third kappa shape index (κ3) is 3.12. The smallest absolute Gasteiger partial charge is 0.153 e. The predicted octanol–water partition coefficient (Wildman–Crippen LogP) is 4.05. The van der Waals surface area contributed by atoms with Gasteiger partial charge in [0, 0.05) is 11.4 Å². The van der Waals surface area contributed by atoms with Gasteiger partial charge in [0.25, 0.3) is 0 Å². The number of benzene rings is 3. The van der Waals surface area contributed by atoms with Crippen LogP contribution in [-0.2, 0) is 6.42 Å². The first-order valence-corrected chi connectivity index (χ1v) is 8.34. The third-order valence-electron chi connectivity index (χ3n) is 4.54. The minimum Gasteiger partial charge on any atom is -0.382 e. The molecule has 25 heavy (non-hydrogen) atoms. The lowest BCUT2D eigenvalue weighted by Crippen LogP contribution is -2.13. The van der Waals surface area contributed by atoms with E-state index in [0.717, 1.165) is 34.0 Å². The Balaban J connectivity index is 1.63. The Morgan fingerprint density at radius 2 is 1.68 bits per heavy atom. The Morgan fingerprint density at radius 1 is 0.880 bits per heavy atom. The molecule has 0 radical (unpaired) electrons. The van der Waals surface area contributed by atoms with Crippen molar-refractivity contribution in [1.82, 2.24) is 10.2 Å². The summed E-state index contributed by atoms with van der Waals surface area (Å²) in [6.07, 6.45) is 0.820. The highest BCUT2D eigenvalue weighted by Gasteiger charge is 2.09. The monoisotopic (exact) mass is 328 g/mol. The van der Waals surface area contributed by atoms with Gasteiger partial charge in [-0.3, -0.25) is 5.10 Å². The molecule has 4 heteroatoms. The molecule has 1 atom stereocenters. The topological polar surface area (TPSA) is 80.7 Å². The molecule has 0 fully saturated rings. The number of anilines is 1. The number of nitrogens with zero attached hydrogens (tertiary/aromatic N) is 1. The van der Waals surface area contributed by atoms with E-state index in [1.165, 1.54) is 5.56 Å². The second-order valence-corrected chi connectivity index (χ2v) is 6.29. The highest BCUT2D eigenvalue weighted by atomic mass is 15.1. The maximum absolute atomic E-state index is 6.44. The fourth-order valence-electron chi connectivity index (χ4n) is 3.16. The van der Waals surface area contributed by atoms with Crippen LogP contribution in [0.2, 0.25) is 0 Å². The van der Waals surface area contributed by atoms with E-state index in [9.17, 15) is 0 Å². The molecule has 0 unspecified atom stereocenters. The predicted molar refractivity (Wildman–Crippen MR) is 103 cm³/mol. The summed E-state index contributed by atoms with van der Waals surface area (Å²) in [6, 6.07) is 24.8. The van der Waals surface area contributed by atoms with Crippen molar-refractivity contribution in [3.05, 3.63) is 83.9 Å². The van der Waals surface area contributed by atoms with Crippen LogP contribution in [0.1, 0.15) is 17.2 Å². The molecule has 0 saturated heterocycles. The molecule has 4 aromatic rings. The van der Waals surface area contributed by atoms with Crippen molar-refractivity contribution in [2.75, 3.05) is 5.73 Å². The van der Waals surface area contributed by atoms with Gasteiger partial charge < -0.3 is 11.5 Å². The van der Waals surface area contributed by atoms with E-state index in [1.807, 2.05) is 24.3 Å². The van der Waals surface area contributed by atoms with Crippen molar-refractivity contribution in [2.24, 2.45) is 5.73 Å². The Labute approximate surface area is 146 Å². The molecule has 0 bridgehead atoms. The lowest BCUT2D eigenvalue weighted by Gasteiger charge is -2.14. The molecule has 0 aliphatic carbocycles. The van der Waals surface area contributed by atoms with E-state index in [0.29, 0.717) is 5.82 Å². The zero-order chi connectivity index (χ0) is 17.2. The number of nitrogen functional groups attached to an aromatic ring is 1. The Bertz CT molecular complexity index is 1000. The molecule has 4 rings (SSSR count). The Morgan fingerprint density at radius 3 is 2.52 bits per heavy atom. The standard InChI is InChI=1S/C21H20N4/c22-19(11-14-5-2-1-3-6-14)17-8-4-7-15(12-17)16-9-10-18-20(13-16)24-25-21(18)23/h1-10,12-13,19H,11,22H2,(H3,23,24,25)/t19-/m0/s1. The second kappa shape index (κ2) is 6.42. The van der Waals surface area contributed by atoms with Crippen LogP contribution in [0, 0.1) is 0 Å². The molecule has 5 N–H and O–H groups in total. The van der Waals surface area contributed by atoms with Crippen LogP contribution in [0.25, 0.3) is 22.0 Å². The maximum atomic E-state index is 6.44. The number of H-pyrrole nitrogens is 1. The van der Waals surface area contributed by atoms with Gasteiger partial charge in [-0.25, -0.2) is 0 Å². The molecule has 124 valence electrons. The summed E-state index contributed by atoms with van der Waals surface area (Å²) in [5.41, 5.74) is 17.8.